The second kappa shape index (κ2) is 7.87. The summed E-state index contributed by atoms with van der Waals surface area (Å²) in [5, 5.41) is 15.8. The van der Waals surface area contributed by atoms with Gasteiger partial charge in [-0.1, -0.05) is 30.3 Å². The van der Waals surface area contributed by atoms with Gasteiger partial charge < -0.3 is 20.5 Å². The lowest BCUT2D eigenvalue weighted by Crippen LogP contribution is -2.46. The molecular weight excluding hydrogens is 256 g/mol. The van der Waals surface area contributed by atoms with E-state index in [2.05, 4.69) is 10.6 Å². The first kappa shape index (κ1) is 16.5. The van der Waals surface area contributed by atoms with Crippen molar-refractivity contribution < 1.29 is 14.6 Å². The van der Waals surface area contributed by atoms with Crippen LogP contribution in [0.1, 0.15) is 25.8 Å². The number of urea groups is 1. The lowest BCUT2D eigenvalue weighted by molar-refractivity contribution is 0.0592. The van der Waals surface area contributed by atoms with Gasteiger partial charge in [0, 0.05) is 19.8 Å². The molecule has 2 atom stereocenters. The van der Waals surface area contributed by atoms with Gasteiger partial charge in [-0.2, -0.15) is 0 Å². The van der Waals surface area contributed by atoms with Gasteiger partial charge in [-0.3, -0.25) is 0 Å². The van der Waals surface area contributed by atoms with Gasteiger partial charge in [0.25, 0.3) is 0 Å². The van der Waals surface area contributed by atoms with Crippen LogP contribution in [0.3, 0.4) is 0 Å². The molecule has 0 radical (unpaired) electrons. The van der Waals surface area contributed by atoms with Crippen LogP contribution < -0.4 is 10.6 Å². The fraction of sp³-hybridized carbons (Fsp3) is 0.533. The van der Waals surface area contributed by atoms with E-state index < -0.39 is 5.60 Å². The first-order chi connectivity index (χ1) is 9.45. The number of methoxy groups -OCH3 is 1. The summed E-state index contributed by atoms with van der Waals surface area (Å²) in [6.07, 6.45) is 0.749. The molecule has 5 heteroatoms. The SMILES string of the molecule is COCC[C@@H](C)NC(=O)NC[C@@](C)(O)c1ccccc1. The van der Waals surface area contributed by atoms with Gasteiger partial charge in [0.05, 0.1) is 6.54 Å². The van der Waals surface area contributed by atoms with E-state index in [-0.39, 0.29) is 18.6 Å². The van der Waals surface area contributed by atoms with E-state index in [1.165, 1.54) is 0 Å². The number of ether oxygens (including phenoxy) is 1. The number of rotatable bonds is 7. The molecule has 1 aromatic rings. The highest BCUT2D eigenvalue weighted by molar-refractivity contribution is 5.74. The van der Waals surface area contributed by atoms with Crippen molar-refractivity contribution >= 4 is 6.03 Å². The van der Waals surface area contributed by atoms with Crippen molar-refractivity contribution in [2.75, 3.05) is 20.3 Å². The van der Waals surface area contributed by atoms with Crippen molar-refractivity contribution in [2.24, 2.45) is 0 Å². The molecule has 112 valence electrons. The first-order valence-electron chi connectivity index (χ1n) is 6.77. The molecule has 0 unspecified atom stereocenters. The Morgan fingerprint density at radius 1 is 1.40 bits per heavy atom. The molecule has 0 saturated heterocycles. The quantitative estimate of drug-likeness (QED) is 0.711. The van der Waals surface area contributed by atoms with Gasteiger partial charge in [0.2, 0.25) is 0 Å². The predicted molar refractivity (Wildman–Crippen MR) is 78.5 cm³/mol. The van der Waals surface area contributed by atoms with Gasteiger partial charge in [-0.15, -0.1) is 0 Å². The molecule has 0 aliphatic rings. The van der Waals surface area contributed by atoms with Gasteiger partial charge >= 0.3 is 6.03 Å². The van der Waals surface area contributed by atoms with E-state index >= 15 is 0 Å². The maximum Gasteiger partial charge on any atom is 0.315 e. The third-order valence-corrected chi connectivity index (χ3v) is 3.12. The minimum Gasteiger partial charge on any atom is -0.385 e. The normalized spacial score (nSPS) is 15.2. The van der Waals surface area contributed by atoms with E-state index in [1.54, 1.807) is 14.0 Å². The van der Waals surface area contributed by atoms with Crippen molar-refractivity contribution in [1.82, 2.24) is 10.6 Å². The van der Waals surface area contributed by atoms with Crippen LogP contribution in [0.25, 0.3) is 0 Å². The van der Waals surface area contributed by atoms with Gasteiger partial charge in [-0.05, 0) is 25.8 Å². The van der Waals surface area contributed by atoms with E-state index in [9.17, 15) is 9.90 Å². The second-order valence-electron chi connectivity index (χ2n) is 5.15. The minimum atomic E-state index is -1.09. The number of aliphatic hydroxyl groups is 1. The third kappa shape index (κ3) is 5.59. The monoisotopic (exact) mass is 280 g/mol. The molecule has 1 aromatic carbocycles. The lowest BCUT2D eigenvalue weighted by atomic mass is 9.96. The van der Waals surface area contributed by atoms with Crippen LogP contribution in [0.5, 0.6) is 0 Å². The third-order valence-electron chi connectivity index (χ3n) is 3.12. The number of benzene rings is 1. The number of carbonyl (C=O) groups excluding carboxylic acids is 1. The Hall–Kier alpha value is -1.59. The molecule has 20 heavy (non-hydrogen) atoms. The number of carbonyl (C=O) groups is 1. The van der Waals surface area contributed by atoms with Crippen molar-refractivity contribution in [3.05, 3.63) is 35.9 Å². The van der Waals surface area contributed by atoms with E-state index in [0.29, 0.717) is 6.61 Å². The molecule has 2 amide bonds. The van der Waals surface area contributed by atoms with Crippen LogP contribution in [0, 0.1) is 0 Å². The van der Waals surface area contributed by atoms with E-state index in [0.717, 1.165) is 12.0 Å². The summed E-state index contributed by atoms with van der Waals surface area (Å²) in [6.45, 7) is 4.34. The molecule has 3 N–H and O–H groups in total. The summed E-state index contributed by atoms with van der Waals surface area (Å²) in [7, 11) is 1.63. The zero-order valence-corrected chi connectivity index (χ0v) is 12.3. The lowest BCUT2D eigenvalue weighted by Gasteiger charge is -2.25. The molecule has 0 heterocycles. The fourth-order valence-corrected chi connectivity index (χ4v) is 1.79. The summed E-state index contributed by atoms with van der Waals surface area (Å²) in [4.78, 5) is 11.7. The highest BCUT2D eigenvalue weighted by atomic mass is 16.5. The summed E-state index contributed by atoms with van der Waals surface area (Å²) < 4.78 is 4.95. The number of amides is 2. The molecule has 1 rings (SSSR count). The zero-order chi connectivity index (χ0) is 15.0. The Labute approximate surface area is 120 Å². The van der Waals surface area contributed by atoms with Crippen LogP contribution in [-0.2, 0) is 10.3 Å². The Morgan fingerprint density at radius 3 is 2.65 bits per heavy atom. The maximum atomic E-state index is 11.7. The standard InChI is InChI=1S/C15H24N2O3/c1-12(9-10-20-3)17-14(18)16-11-15(2,19)13-7-5-4-6-8-13/h4-8,12,19H,9-11H2,1-3H3,(H2,16,17,18)/t12-,15-/m1/s1. The van der Waals surface area contributed by atoms with Gasteiger partial charge in [0.1, 0.15) is 5.60 Å². The number of hydrogen-bond acceptors (Lipinski definition) is 3. The Kier molecular flexibility index (Phi) is 6.48. The van der Waals surface area contributed by atoms with Crippen LogP contribution in [0.4, 0.5) is 4.79 Å². The smallest absolute Gasteiger partial charge is 0.315 e. The number of hydrogen-bond donors (Lipinski definition) is 3. The molecule has 0 bridgehead atoms. The predicted octanol–water partition coefficient (Wildman–Crippen LogP) is 1.62. The largest absolute Gasteiger partial charge is 0.385 e. The van der Waals surface area contributed by atoms with Crippen molar-refractivity contribution in [3.8, 4) is 0 Å². The topological polar surface area (TPSA) is 70.6 Å². The van der Waals surface area contributed by atoms with Crippen LogP contribution >= 0.6 is 0 Å². The molecule has 0 aliphatic heterocycles. The van der Waals surface area contributed by atoms with E-state index in [1.807, 2.05) is 37.3 Å². The summed E-state index contributed by atoms with van der Waals surface area (Å²) in [6, 6.07) is 9.01. The highest BCUT2D eigenvalue weighted by Gasteiger charge is 2.23. The maximum absolute atomic E-state index is 11.7. The summed E-state index contributed by atoms with van der Waals surface area (Å²) in [5.41, 5.74) is -0.318. The Bertz CT molecular complexity index is 407. The minimum absolute atomic E-state index is 0.0247. The zero-order valence-electron chi connectivity index (χ0n) is 12.3. The number of nitrogens with one attached hydrogen (secondary N) is 2. The molecule has 0 spiro atoms. The molecule has 0 aliphatic carbocycles. The highest BCUT2D eigenvalue weighted by Crippen LogP contribution is 2.18. The van der Waals surface area contributed by atoms with Crippen molar-refractivity contribution in [2.45, 2.75) is 31.9 Å². The van der Waals surface area contributed by atoms with Crippen molar-refractivity contribution in [3.63, 3.8) is 0 Å². The van der Waals surface area contributed by atoms with E-state index in [4.69, 9.17) is 4.74 Å². The molecular formula is C15H24N2O3. The second-order valence-corrected chi connectivity index (χ2v) is 5.15. The Balaban J connectivity index is 2.40. The van der Waals surface area contributed by atoms with Crippen molar-refractivity contribution in [1.29, 1.82) is 0 Å². The van der Waals surface area contributed by atoms with Crippen LogP contribution in [0.2, 0.25) is 0 Å². The molecule has 0 aromatic heterocycles. The van der Waals surface area contributed by atoms with Crippen LogP contribution in [-0.4, -0.2) is 37.4 Å². The Morgan fingerprint density at radius 2 is 2.05 bits per heavy atom. The fourth-order valence-electron chi connectivity index (χ4n) is 1.79. The average Bonchev–Trinajstić information content (AvgIpc) is 2.44. The van der Waals surface area contributed by atoms with Gasteiger partial charge in [-0.25, -0.2) is 4.79 Å². The molecule has 0 saturated carbocycles. The summed E-state index contributed by atoms with van der Waals surface area (Å²) in [5.74, 6) is 0. The molecule has 0 fully saturated rings. The molecule has 5 nitrogen and oxygen atoms in total. The summed E-state index contributed by atoms with van der Waals surface area (Å²) >= 11 is 0. The van der Waals surface area contributed by atoms with Crippen LogP contribution in [0.15, 0.2) is 30.3 Å². The van der Waals surface area contributed by atoms with Gasteiger partial charge in [0.15, 0.2) is 0 Å². The average molecular weight is 280 g/mol. The first-order valence-corrected chi connectivity index (χ1v) is 6.77.